The number of ether oxygens (including phenoxy) is 1. The lowest BCUT2D eigenvalue weighted by Crippen LogP contribution is -2.34. The number of benzene rings is 1. The highest BCUT2D eigenvalue weighted by molar-refractivity contribution is 5.38. The lowest BCUT2D eigenvalue weighted by Gasteiger charge is -2.26. The Morgan fingerprint density at radius 1 is 1.15 bits per heavy atom. The molecule has 0 aliphatic rings. The molecule has 2 aromatic rings. The maximum absolute atomic E-state index is 13.0. The molecule has 20 heavy (non-hydrogen) atoms. The third-order valence-electron chi connectivity index (χ3n) is 3.13. The smallest absolute Gasteiger partial charge is 0.138 e. The van der Waals surface area contributed by atoms with E-state index in [1.807, 2.05) is 26.8 Å². The van der Waals surface area contributed by atoms with Crippen LogP contribution in [0.25, 0.3) is 0 Å². The van der Waals surface area contributed by atoms with Gasteiger partial charge in [-0.1, -0.05) is 12.1 Å². The van der Waals surface area contributed by atoms with E-state index in [9.17, 15) is 4.39 Å². The van der Waals surface area contributed by atoms with Crippen LogP contribution in [0, 0.1) is 5.82 Å². The summed E-state index contributed by atoms with van der Waals surface area (Å²) in [6, 6.07) is 8.05. The van der Waals surface area contributed by atoms with Gasteiger partial charge < -0.3 is 10.5 Å². The molecule has 0 saturated heterocycles. The molecule has 3 nitrogen and oxygen atoms in total. The molecule has 2 N–H and O–H groups in total. The molecule has 0 aliphatic heterocycles. The summed E-state index contributed by atoms with van der Waals surface area (Å²) in [6.07, 6.45) is 3.43. The molecule has 106 valence electrons. The largest absolute Gasteiger partial charge is 0.489 e. The van der Waals surface area contributed by atoms with Crippen LogP contribution in [-0.4, -0.2) is 11.1 Å². The van der Waals surface area contributed by atoms with E-state index in [2.05, 4.69) is 4.98 Å². The summed E-state index contributed by atoms with van der Waals surface area (Å²) in [5.41, 5.74) is 7.28. The van der Waals surface area contributed by atoms with Crippen molar-refractivity contribution in [3.8, 4) is 5.75 Å². The monoisotopic (exact) mass is 274 g/mol. The molecule has 1 unspecified atom stereocenters. The number of hydrogen-bond donors (Lipinski definition) is 1. The lowest BCUT2D eigenvalue weighted by molar-refractivity contribution is 0.241. The van der Waals surface area contributed by atoms with E-state index in [0.29, 0.717) is 5.75 Å². The zero-order valence-corrected chi connectivity index (χ0v) is 11.9. The van der Waals surface area contributed by atoms with E-state index in [4.69, 9.17) is 10.5 Å². The van der Waals surface area contributed by atoms with Gasteiger partial charge in [0, 0.05) is 6.20 Å². The van der Waals surface area contributed by atoms with Gasteiger partial charge in [0.1, 0.15) is 11.6 Å². The second-order valence-electron chi connectivity index (χ2n) is 5.29. The van der Waals surface area contributed by atoms with Gasteiger partial charge in [0.25, 0.3) is 0 Å². The highest BCUT2D eigenvalue weighted by atomic mass is 19.1. The fourth-order valence-electron chi connectivity index (χ4n) is 2.00. The molecule has 1 heterocycles. The van der Waals surface area contributed by atoms with E-state index < -0.39 is 5.54 Å². The number of hydrogen-bond acceptors (Lipinski definition) is 3. The van der Waals surface area contributed by atoms with Crippen LogP contribution in [-0.2, 0) is 5.54 Å². The van der Waals surface area contributed by atoms with Crippen molar-refractivity contribution in [2.24, 2.45) is 5.73 Å². The second kappa shape index (κ2) is 5.59. The molecule has 0 radical (unpaired) electrons. The van der Waals surface area contributed by atoms with E-state index in [1.54, 1.807) is 24.5 Å². The van der Waals surface area contributed by atoms with Crippen molar-refractivity contribution in [3.63, 3.8) is 0 Å². The summed E-state index contributed by atoms with van der Waals surface area (Å²) >= 11 is 0. The first-order chi connectivity index (χ1) is 9.39. The van der Waals surface area contributed by atoms with Crippen molar-refractivity contribution < 1.29 is 9.13 Å². The SMILES string of the molecule is CC(C)Oc1cncc(C(C)(N)c2ccc(F)cc2)c1. The first kappa shape index (κ1) is 14.5. The van der Waals surface area contributed by atoms with Gasteiger partial charge >= 0.3 is 0 Å². The summed E-state index contributed by atoms with van der Waals surface area (Å²) in [6.45, 7) is 5.78. The average molecular weight is 274 g/mol. The van der Waals surface area contributed by atoms with Crippen molar-refractivity contribution in [2.75, 3.05) is 0 Å². The maximum Gasteiger partial charge on any atom is 0.138 e. The Kier molecular flexibility index (Phi) is 4.04. The third-order valence-corrected chi connectivity index (χ3v) is 3.13. The number of nitrogens with zero attached hydrogens (tertiary/aromatic N) is 1. The van der Waals surface area contributed by atoms with Crippen LogP contribution < -0.4 is 10.5 Å². The minimum absolute atomic E-state index is 0.0712. The van der Waals surface area contributed by atoms with E-state index >= 15 is 0 Å². The molecule has 0 spiro atoms. The number of rotatable bonds is 4. The van der Waals surface area contributed by atoms with Crippen LogP contribution in [0.5, 0.6) is 5.75 Å². The predicted molar refractivity (Wildman–Crippen MR) is 77.0 cm³/mol. The number of aromatic nitrogens is 1. The molecule has 0 aliphatic carbocycles. The summed E-state index contributed by atoms with van der Waals surface area (Å²) in [5, 5.41) is 0. The van der Waals surface area contributed by atoms with E-state index in [0.717, 1.165) is 11.1 Å². The normalized spacial score (nSPS) is 14.1. The van der Waals surface area contributed by atoms with Gasteiger partial charge in [0.15, 0.2) is 0 Å². The van der Waals surface area contributed by atoms with Gasteiger partial charge in [-0.05, 0) is 50.1 Å². The molecule has 4 heteroatoms. The van der Waals surface area contributed by atoms with E-state index in [-0.39, 0.29) is 11.9 Å². The van der Waals surface area contributed by atoms with Crippen LogP contribution in [0.4, 0.5) is 4.39 Å². The van der Waals surface area contributed by atoms with Crippen molar-refractivity contribution in [2.45, 2.75) is 32.4 Å². The van der Waals surface area contributed by atoms with Crippen LogP contribution in [0.3, 0.4) is 0 Å². The summed E-state index contributed by atoms with van der Waals surface area (Å²) < 4.78 is 18.6. The molecule has 2 rings (SSSR count). The van der Waals surface area contributed by atoms with Gasteiger partial charge in [-0.15, -0.1) is 0 Å². The first-order valence-electron chi connectivity index (χ1n) is 6.56. The predicted octanol–water partition coefficient (Wildman–Crippen LogP) is 3.23. The topological polar surface area (TPSA) is 48.1 Å². The summed E-state index contributed by atoms with van der Waals surface area (Å²) in [4.78, 5) is 4.17. The molecular formula is C16H19FN2O. The van der Waals surface area contributed by atoms with Crippen molar-refractivity contribution >= 4 is 0 Å². The molecular weight excluding hydrogens is 255 g/mol. The van der Waals surface area contributed by atoms with Crippen LogP contribution >= 0.6 is 0 Å². The number of pyridine rings is 1. The van der Waals surface area contributed by atoms with Gasteiger partial charge in [-0.25, -0.2) is 4.39 Å². The van der Waals surface area contributed by atoms with E-state index in [1.165, 1.54) is 12.1 Å². The van der Waals surface area contributed by atoms with Crippen LogP contribution in [0.1, 0.15) is 31.9 Å². The summed E-state index contributed by atoms with van der Waals surface area (Å²) in [7, 11) is 0. The Morgan fingerprint density at radius 2 is 1.80 bits per heavy atom. The quantitative estimate of drug-likeness (QED) is 0.931. The Balaban J connectivity index is 2.35. The fourth-order valence-corrected chi connectivity index (χ4v) is 2.00. The maximum atomic E-state index is 13.0. The fraction of sp³-hybridized carbons (Fsp3) is 0.312. The minimum Gasteiger partial charge on any atom is -0.489 e. The van der Waals surface area contributed by atoms with Gasteiger partial charge in [0.05, 0.1) is 17.8 Å². The Morgan fingerprint density at radius 3 is 2.40 bits per heavy atom. The molecule has 0 saturated carbocycles. The molecule has 1 aromatic heterocycles. The highest BCUT2D eigenvalue weighted by Gasteiger charge is 2.24. The van der Waals surface area contributed by atoms with Crippen molar-refractivity contribution in [1.82, 2.24) is 4.98 Å². The molecule has 0 fully saturated rings. The molecule has 0 bridgehead atoms. The molecule has 0 amide bonds. The van der Waals surface area contributed by atoms with Gasteiger partial charge in [-0.3, -0.25) is 4.98 Å². The standard InChI is InChI=1S/C16H19FN2O/c1-11(2)20-15-8-13(9-19-10-15)16(3,18)12-4-6-14(17)7-5-12/h4-11H,18H2,1-3H3. The van der Waals surface area contributed by atoms with Gasteiger partial charge in [-0.2, -0.15) is 0 Å². The number of nitrogens with two attached hydrogens (primary N) is 1. The Bertz CT molecular complexity index is 579. The van der Waals surface area contributed by atoms with Crippen molar-refractivity contribution in [3.05, 3.63) is 59.7 Å². The first-order valence-corrected chi connectivity index (χ1v) is 6.56. The zero-order chi connectivity index (χ0) is 14.8. The lowest BCUT2D eigenvalue weighted by atomic mass is 9.86. The van der Waals surface area contributed by atoms with Gasteiger partial charge in [0.2, 0.25) is 0 Å². The third kappa shape index (κ3) is 3.14. The Labute approximate surface area is 118 Å². The second-order valence-corrected chi connectivity index (χ2v) is 5.29. The molecule has 1 atom stereocenters. The average Bonchev–Trinajstić information content (AvgIpc) is 2.39. The zero-order valence-electron chi connectivity index (χ0n) is 11.9. The number of halogens is 1. The summed E-state index contributed by atoms with van der Waals surface area (Å²) in [5.74, 6) is 0.399. The molecule has 1 aromatic carbocycles. The minimum atomic E-state index is -0.753. The Hall–Kier alpha value is -1.94. The highest BCUT2D eigenvalue weighted by Crippen LogP contribution is 2.28. The van der Waals surface area contributed by atoms with Crippen molar-refractivity contribution in [1.29, 1.82) is 0 Å². The van der Waals surface area contributed by atoms with Crippen LogP contribution in [0.2, 0.25) is 0 Å². The van der Waals surface area contributed by atoms with Crippen LogP contribution in [0.15, 0.2) is 42.7 Å².